The van der Waals surface area contributed by atoms with Gasteiger partial charge in [-0.05, 0) is 51.4 Å². The van der Waals surface area contributed by atoms with Gasteiger partial charge in [-0.15, -0.1) is 0 Å². The molecule has 0 aromatic rings. The maximum Gasteiger partial charge on any atom is 4.00 e. The van der Waals surface area contributed by atoms with Crippen molar-refractivity contribution in [1.29, 1.82) is 0 Å². The molecule has 0 heterocycles. The van der Waals surface area contributed by atoms with Gasteiger partial charge in [-0.3, -0.25) is 0 Å². The quantitative estimate of drug-likeness (QED) is 0.0249. The van der Waals surface area contributed by atoms with Gasteiger partial charge >= 0.3 is 21.1 Å². The summed E-state index contributed by atoms with van der Waals surface area (Å²) >= 11 is 42.2. The summed E-state index contributed by atoms with van der Waals surface area (Å²) in [5.41, 5.74) is 0. The molecular weight excluding hydrogens is 1510 g/mol. The van der Waals surface area contributed by atoms with Gasteiger partial charge in [0.05, 0.1) is 0 Å². The normalized spacial score (nSPS) is 10.9. The van der Waals surface area contributed by atoms with Crippen LogP contribution in [0.15, 0.2) is 0 Å². The Morgan fingerprint density at radius 1 is 0.143 bits per heavy atom. The SMILES string of the molecule is CCCCCCCCCCCN(CCCCCCCCCCC)C(=S)[S-].CCCCCCCCCCCN(CCCCCCCCCCC)C(=S)[S-].CCCCCCCCCCCN(CCCCCCCCCCC)C(=S)[S-].CCCCCCCCCCCN(CCCCCCCCCCC)C(=S)[S-].[Mo+4]. The fourth-order valence-electron chi connectivity index (χ4n) is 14.1. The first-order valence-corrected chi connectivity index (χ1v) is 50.0. The molecular formula is C92H184MoN4S8. The topological polar surface area (TPSA) is 13.0 Å². The van der Waals surface area contributed by atoms with E-state index >= 15 is 0 Å². The van der Waals surface area contributed by atoms with Gasteiger partial charge in [0, 0.05) is 52.4 Å². The third-order valence-electron chi connectivity index (χ3n) is 21.3. The monoisotopic (exact) mass is 1700 g/mol. The molecule has 0 bridgehead atoms. The molecule has 0 aliphatic carbocycles. The van der Waals surface area contributed by atoms with E-state index in [1.807, 2.05) is 0 Å². The van der Waals surface area contributed by atoms with Gasteiger partial charge in [-0.25, -0.2) is 0 Å². The van der Waals surface area contributed by atoms with Gasteiger partial charge < -0.3 is 119 Å². The number of nitrogens with zero attached hydrogens (tertiary/aromatic N) is 4. The zero-order chi connectivity index (χ0) is 77.2. The minimum absolute atomic E-state index is 0. The van der Waals surface area contributed by atoms with E-state index in [0.717, 1.165) is 52.4 Å². The molecule has 0 aromatic carbocycles. The van der Waals surface area contributed by atoms with E-state index in [9.17, 15) is 0 Å². The van der Waals surface area contributed by atoms with Crippen molar-refractivity contribution in [3.8, 4) is 0 Å². The van der Waals surface area contributed by atoms with Crippen molar-refractivity contribution >= 4 is 117 Å². The molecule has 105 heavy (non-hydrogen) atoms. The van der Waals surface area contributed by atoms with Crippen LogP contribution in [0.4, 0.5) is 0 Å². The van der Waals surface area contributed by atoms with Crippen LogP contribution in [0.25, 0.3) is 0 Å². The predicted octanol–water partition coefficient (Wildman–Crippen LogP) is 32.7. The average Bonchev–Trinajstić information content (AvgIpc) is 1.36. The van der Waals surface area contributed by atoms with Gasteiger partial charge in [0.25, 0.3) is 0 Å². The molecule has 0 saturated heterocycles. The van der Waals surface area contributed by atoms with E-state index in [-0.39, 0.29) is 21.1 Å². The Kier molecular flexibility index (Phi) is 113. The van der Waals surface area contributed by atoms with Crippen molar-refractivity contribution in [3.05, 3.63) is 0 Å². The molecule has 0 N–H and O–H groups in total. The maximum absolute atomic E-state index is 5.28. The second kappa shape index (κ2) is 103. The zero-order valence-electron chi connectivity index (χ0n) is 72.0. The van der Waals surface area contributed by atoms with Crippen LogP contribution >= 0.6 is 48.9 Å². The number of hydrogen-bond acceptors (Lipinski definition) is 8. The largest absolute Gasteiger partial charge is 4.00 e. The van der Waals surface area contributed by atoms with Crippen molar-refractivity contribution in [2.75, 3.05) is 52.4 Å². The Hall–Kier alpha value is 1.13. The first-order valence-electron chi connectivity index (χ1n) is 46.7. The van der Waals surface area contributed by atoms with E-state index in [4.69, 9.17) is 99.4 Å². The zero-order valence-corrected chi connectivity index (χ0v) is 80.6. The third-order valence-corrected chi connectivity index (χ3v) is 23.4. The summed E-state index contributed by atoms with van der Waals surface area (Å²) in [6, 6.07) is 0. The minimum Gasteiger partial charge on any atom is -0.411 e. The second-order valence-electron chi connectivity index (χ2n) is 31.6. The van der Waals surface area contributed by atoms with E-state index in [2.05, 4.69) is 75.0 Å². The molecule has 0 rings (SSSR count). The van der Waals surface area contributed by atoms with Crippen LogP contribution in [0.5, 0.6) is 0 Å². The van der Waals surface area contributed by atoms with E-state index in [1.54, 1.807) is 0 Å². The number of unbranched alkanes of at least 4 members (excludes halogenated alkanes) is 64. The molecule has 0 aliphatic rings. The maximum atomic E-state index is 5.28. The fraction of sp³-hybridized carbons (Fsp3) is 0.957. The van der Waals surface area contributed by atoms with Crippen molar-refractivity contribution in [2.45, 2.75) is 518 Å². The van der Waals surface area contributed by atoms with Gasteiger partial charge in [-0.1, -0.05) is 484 Å². The summed E-state index contributed by atoms with van der Waals surface area (Å²) in [5, 5.41) is 0. The summed E-state index contributed by atoms with van der Waals surface area (Å²) < 4.78 is 2.74. The Morgan fingerprint density at radius 3 is 0.276 bits per heavy atom. The smallest absolute Gasteiger partial charge is 0.411 e. The minimum atomic E-state index is 0. The molecule has 0 saturated carbocycles. The molecule has 0 unspecified atom stereocenters. The van der Waals surface area contributed by atoms with Gasteiger partial charge in [0.2, 0.25) is 0 Å². The Morgan fingerprint density at radius 2 is 0.210 bits per heavy atom. The number of rotatable bonds is 80. The molecule has 0 fully saturated rings. The summed E-state index contributed by atoms with van der Waals surface area (Å²) in [6.07, 6.45) is 99.1. The Bertz CT molecular complexity index is 1330. The molecule has 626 valence electrons. The average molecular weight is 1700 g/mol. The van der Waals surface area contributed by atoms with E-state index in [1.165, 1.54) is 462 Å². The first kappa shape index (κ1) is 115. The Labute approximate surface area is 720 Å². The third kappa shape index (κ3) is 101. The summed E-state index contributed by atoms with van der Waals surface area (Å²) in [5.74, 6) is 0. The van der Waals surface area contributed by atoms with Crippen LogP contribution in [0.3, 0.4) is 0 Å². The van der Waals surface area contributed by atoms with Crippen LogP contribution in [0.1, 0.15) is 518 Å². The molecule has 0 amide bonds. The summed E-state index contributed by atoms with van der Waals surface area (Å²) in [4.78, 5) is 9.08. The number of hydrogen-bond donors (Lipinski definition) is 0. The van der Waals surface area contributed by atoms with Gasteiger partial charge in [0.1, 0.15) is 0 Å². The van der Waals surface area contributed by atoms with Crippen molar-refractivity contribution in [2.24, 2.45) is 0 Å². The van der Waals surface area contributed by atoms with Crippen LogP contribution in [-0.4, -0.2) is 89.2 Å². The van der Waals surface area contributed by atoms with Crippen LogP contribution in [-0.2, 0) is 71.6 Å². The van der Waals surface area contributed by atoms with E-state index in [0.29, 0.717) is 17.3 Å². The van der Waals surface area contributed by atoms with Crippen molar-refractivity contribution < 1.29 is 21.1 Å². The van der Waals surface area contributed by atoms with Crippen LogP contribution in [0.2, 0.25) is 0 Å². The van der Waals surface area contributed by atoms with Crippen molar-refractivity contribution in [1.82, 2.24) is 19.6 Å². The first-order chi connectivity index (χ1) is 50.9. The molecule has 0 aromatic heterocycles. The second-order valence-corrected chi connectivity index (χ2v) is 35.8. The molecule has 0 spiro atoms. The van der Waals surface area contributed by atoms with Crippen LogP contribution in [0, 0.1) is 0 Å². The molecule has 0 aliphatic heterocycles. The Balaban J connectivity index is -0.000000422. The summed E-state index contributed by atoms with van der Waals surface area (Å²) in [7, 11) is 0. The van der Waals surface area contributed by atoms with Crippen molar-refractivity contribution in [3.63, 3.8) is 0 Å². The molecule has 0 radical (unpaired) electrons. The molecule has 13 heteroatoms. The van der Waals surface area contributed by atoms with Crippen LogP contribution < -0.4 is 0 Å². The van der Waals surface area contributed by atoms with Gasteiger partial charge in [-0.2, -0.15) is 0 Å². The fourth-order valence-corrected chi connectivity index (χ4v) is 15.5. The predicted molar refractivity (Wildman–Crippen MR) is 504 cm³/mol. The van der Waals surface area contributed by atoms with E-state index < -0.39 is 0 Å². The molecule has 0 atom stereocenters. The summed E-state index contributed by atoms with van der Waals surface area (Å²) in [6.45, 7) is 26.9. The van der Waals surface area contributed by atoms with Gasteiger partial charge in [0.15, 0.2) is 0 Å². The standard InChI is InChI=1S/4C23H47NS2.Mo/c4*1-3-5-7-9-11-13-15-17-19-21-24(23(25)26)22-20-18-16-14-12-10-8-6-4-2;/h4*3-22H2,1-2H3,(H,25,26);/q;;;;+4/p-4. The molecule has 4 nitrogen and oxygen atoms in total. The number of thiocarbonyl (C=S) groups is 4.